The Kier molecular flexibility index (Phi) is 2.59. The molecule has 1 aromatic heterocycles. The maximum Gasteiger partial charge on any atom is 0.248 e. The van der Waals surface area contributed by atoms with Crippen molar-refractivity contribution in [1.29, 1.82) is 0 Å². The summed E-state index contributed by atoms with van der Waals surface area (Å²) in [4.78, 5) is 7.53. The Labute approximate surface area is 68.2 Å². The van der Waals surface area contributed by atoms with Crippen LogP contribution >= 0.6 is 0 Å². The summed E-state index contributed by atoms with van der Waals surface area (Å²) in [5.41, 5.74) is 6.81. The standard InChI is InChI=1S/C5H9N5O2/c1-3-8-4(12-10-3)2-7-5(6)9-11/h11H,2H2,1H3,(H3,6,7,9). The van der Waals surface area contributed by atoms with Crippen molar-refractivity contribution in [3.63, 3.8) is 0 Å². The summed E-state index contributed by atoms with van der Waals surface area (Å²) in [6, 6.07) is 0. The lowest BCUT2D eigenvalue weighted by Gasteiger charge is -1.93. The van der Waals surface area contributed by atoms with Crippen LogP contribution in [0.2, 0.25) is 0 Å². The number of aromatic nitrogens is 2. The van der Waals surface area contributed by atoms with Crippen LogP contribution in [0.3, 0.4) is 0 Å². The number of aliphatic imine (C=N–C) groups is 1. The van der Waals surface area contributed by atoms with Gasteiger partial charge >= 0.3 is 0 Å². The van der Waals surface area contributed by atoms with Gasteiger partial charge in [0.25, 0.3) is 0 Å². The minimum absolute atomic E-state index is 0.0918. The molecule has 0 spiro atoms. The second kappa shape index (κ2) is 3.67. The number of guanidine groups is 1. The molecule has 0 atom stereocenters. The van der Waals surface area contributed by atoms with Gasteiger partial charge in [0.05, 0.1) is 0 Å². The summed E-state index contributed by atoms with van der Waals surface area (Å²) in [5.74, 6) is 0.798. The first-order chi connectivity index (χ1) is 5.72. The Morgan fingerprint density at radius 2 is 2.58 bits per heavy atom. The van der Waals surface area contributed by atoms with Crippen molar-refractivity contribution in [3.05, 3.63) is 11.7 Å². The quantitative estimate of drug-likeness (QED) is 0.304. The zero-order valence-electron chi connectivity index (χ0n) is 6.48. The van der Waals surface area contributed by atoms with Crippen molar-refractivity contribution < 1.29 is 9.73 Å². The minimum atomic E-state index is -0.0918. The molecule has 1 heterocycles. The predicted octanol–water partition coefficient (Wildman–Crippen LogP) is -0.828. The molecule has 0 saturated heterocycles. The zero-order valence-corrected chi connectivity index (χ0v) is 6.48. The van der Waals surface area contributed by atoms with Gasteiger partial charge in [-0.25, -0.2) is 10.5 Å². The summed E-state index contributed by atoms with van der Waals surface area (Å²) in [7, 11) is 0. The van der Waals surface area contributed by atoms with E-state index >= 15 is 0 Å². The number of nitrogens with one attached hydrogen (secondary N) is 1. The molecule has 0 amide bonds. The zero-order chi connectivity index (χ0) is 8.97. The number of hydrogen-bond acceptors (Lipinski definition) is 5. The molecule has 4 N–H and O–H groups in total. The Morgan fingerprint density at radius 3 is 3.08 bits per heavy atom. The van der Waals surface area contributed by atoms with E-state index in [0.717, 1.165) is 0 Å². The van der Waals surface area contributed by atoms with E-state index in [1.165, 1.54) is 0 Å². The number of aryl methyl sites for hydroxylation is 1. The fourth-order valence-corrected chi connectivity index (χ4v) is 0.592. The van der Waals surface area contributed by atoms with Gasteiger partial charge in [-0.2, -0.15) is 4.98 Å². The van der Waals surface area contributed by atoms with Crippen molar-refractivity contribution in [2.45, 2.75) is 13.5 Å². The smallest absolute Gasteiger partial charge is 0.248 e. The Hall–Kier alpha value is -1.63. The molecule has 7 heteroatoms. The Balaban J connectivity index is 2.53. The summed E-state index contributed by atoms with van der Waals surface area (Å²) in [6.07, 6.45) is 0. The number of nitrogens with two attached hydrogens (primary N) is 1. The number of nitrogens with zero attached hydrogens (tertiary/aromatic N) is 3. The predicted molar refractivity (Wildman–Crippen MR) is 39.3 cm³/mol. The first kappa shape index (κ1) is 8.47. The fourth-order valence-electron chi connectivity index (χ4n) is 0.592. The van der Waals surface area contributed by atoms with E-state index in [9.17, 15) is 0 Å². The molecule has 0 unspecified atom stereocenters. The third kappa shape index (κ3) is 2.20. The lowest BCUT2D eigenvalue weighted by molar-refractivity contribution is 0.232. The van der Waals surface area contributed by atoms with Gasteiger partial charge < -0.3 is 10.3 Å². The molecule has 66 valence electrons. The van der Waals surface area contributed by atoms with Crippen molar-refractivity contribution in [2.75, 3.05) is 0 Å². The van der Waals surface area contributed by atoms with Crippen LogP contribution in [0.15, 0.2) is 9.52 Å². The van der Waals surface area contributed by atoms with Crippen LogP contribution in [0.25, 0.3) is 0 Å². The average Bonchev–Trinajstić information content (AvgIpc) is 2.47. The number of rotatable bonds is 2. The van der Waals surface area contributed by atoms with E-state index in [1.807, 2.05) is 0 Å². The van der Waals surface area contributed by atoms with Crippen LogP contribution in [0.1, 0.15) is 11.7 Å². The Morgan fingerprint density at radius 1 is 1.83 bits per heavy atom. The molecule has 0 bridgehead atoms. The summed E-state index contributed by atoms with van der Waals surface area (Å²) < 4.78 is 4.73. The molecular formula is C5H9N5O2. The van der Waals surface area contributed by atoms with Gasteiger partial charge in [-0.05, 0) is 6.92 Å². The normalized spacial score (nSPS) is 11.7. The first-order valence-corrected chi connectivity index (χ1v) is 3.21. The molecule has 0 fully saturated rings. The van der Waals surface area contributed by atoms with Gasteiger partial charge in [0, 0.05) is 0 Å². The third-order valence-corrected chi connectivity index (χ3v) is 1.07. The summed E-state index contributed by atoms with van der Waals surface area (Å²) in [5, 5.41) is 11.8. The van der Waals surface area contributed by atoms with Crippen LogP contribution in [0.5, 0.6) is 0 Å². The maximum absolute atomic E-state index is 8.25. The van der Waals surface area contributed by atoms with Crippen LogP contribution in [-0.2, 0) is 6.54 Å². The lowest BCUT2D eigenvalue weighted by atomic mass is 10.6. The molecule has 1 rings (SSSR count). The van der Waals surface area contributed by atoms with Gasteiger partial charge in [0.2, 0.25) is 11.9 Å². The second-order valence-electron chi connectivity index (χ2n) is 2.05. The number of hydrogen-bond donors (Lipinski definition) is 3. The minimum Gasteiger partial charge on any atom is -0.368 e. The molecule has 1 aromatic rings. The van der Waals surface area contributed by atoms with Gasteiger partial charge in [-0.15, -0.1) is 0 Å². The van der Waals surface area contributed by atoms with Gasteiger partial charge in [-0.3, -0.25) is 5.21 Å². The molecule has 7 nitrogen and oxygen atoms in total. The molecule has 0 aliphatic rings. The Bertz CT molecular complexity index is 281. The highest BCUT2D eigenvalue weighted by atomic mass is 16.5. The van der Waals surface area contributed by atoms with Crippen LogP contribution in [-0.4, -0.2) is 21.3 Å². The molecule has 0 aliphatic carbocycles. The van der Waals surface area contributed by atoms with Crippen molar-refractivity contribution >= 4 is 5.96 Å². The largest absolute Gasteiger partial charge is 0.368 e. The number of hydroxylamine groups is 1. The molecule has 0 saturated carbocycles. The molecule has 12 heavy (non-hydrogen) atoms. The first-order valence-electron chi connectivity index (χ1n) is 3.21. The van der Waals surface area contributed by atoms with E-state index in [0.29, 0.717) is 11.7 Å². The maximum atomic E-state index is 8.25. The lowest BCUT2D eigenvalue weighted by Crippen LogP contribution is -2.28. The molecule has 0 radical (unpaired) electrons. The van der Waals surface area contributed by atoms with Crippen LogP contribution in [0, 0.1) is 6.92 Å². The highest BCUT2D eigenvalue weighted by molar-refractivity contribution is 5.76. The molecule has 0 aromatic carbocycles. The summed E-state index contributed by atoms with van der Waals surface area (Å²) in [6.45, 7) is 1.85. The topological polar surface area (TPSA) is 110 Å². The highest BCUT2D eigenvalue weighted by Crippen LogP contribution is 1.96. The highest BCUT2D eigenvalue weighted by Gasteiger charge is 2.00. The second-order valence-corrected chi connectivity index (χ2v) is 2.05. The van der Waals surface area contributed by atoms with Crippen molar-refractivity contribution in [2.24, 2.45) is 10.7 Å². The van der Waals surface area contributed by atoms with E-state index in [1.54, 1.807) is 12.4 Å². The SMILES string of the molecule is Cc1noc(CN=C(N)NO)n1. The summed E-state index contributed by atoms with van der Waals surface area (Å²) >= 11 is 0. The molecular weight excluding hydrogens is 162 g/mol. The fraction of sp³-hybridized carbons (Fsp3) is 0.400. The van der Waals surface area contributed by atoms with Crippen molar-refractivity contribution in [1.82, 2.24) is 15.6 Å². The van der Waals surface area contributed by atoms with Gasteiger partial charge in [-0.1, -0.05) is 5.16 Å². The van der Waals surface area contributed by atoms with Crippen molar-refractivity contribution in [3.8, 4) is 0 Å². The van der Waals surface area contributed by atoms with Crippen LogP contribution in [0.4, 0.5) is 0 Å². The van der Waals surface area contributed by atoms with E-state index in [4.69, 9.17) is 15.5 Å². The third-order valence-electron chi connectivity index (χ3n) is 1.07. The van der Waals surface area contributed by atoms with E-state index in [-0.39, 0.29) is 12.5 Å². The van der Waals surface area contributed by atoms with E-state index in [2.05, 4.69) is 15.1 Å². The molecule has 0 aliphatic heterocycles. The van der Waals surface area contributed by atoms with Gasteiger partial charge in [0.15, 0.2) is 5.82 Å². The average molecular weight is 171 g/mol. The van der Waals surface area contributed by atoms with Crippen LogP contribution < -0.4 is 11.2 Å². The monoisotopic (exact) mass is 171 g/mol. The van der Waals surface area contributed by atoms with Gasteiger partial charge in [0.1, 0.15) is 6.54 Å². The van der Waals surface area contributed by atoms with E-state index < -0.39 is 0 Å².